The van der Waals surface area contributed by atoms with Crippen LogP contribution in [0.3, 0.4) is 0 Å². The lowest BCUT2D eigenvalue weighted by atomic mass is 10.0. The molecule has 1 N–H and O–H groups in total. The van der Waals surface area contributed by atoms with E-state index in [0.717, 1.165) is 6.42 Å². The molecule has 14 heavy (non-hydrogen) atoms. The first kappa shape index (κ1) is 12.0. The smallest absolute Gasteiger partial charge is 0.0527 e. The second-order valence-corrected chi connectivity index (χ2v) is 4.62. The molecule has 2 heteroatoms. The summed E-state index contributed by atoms with van der Waals surface area (Å²) in [6.45, 7) is 6.60. The molecule has 0 saturated carbocycles. The third kappa shape index (κ3) is 3.97. The Kier molecular flexibility index (Phi) is 5.49. The Bertz CT molecular complexity index is 147. The topological polar surface area (TPSA) is 23.5 Å². The van der Waals surface area contributed by atoms with Gasteiger partial charge in [-0.05, 0) is 45.7 Å². The SMILES string of the molecule is CCCN1CCCCCC1CC(C)O. The molecule has 0 aliphatic carbocycles. The maximum Gasteiger partial charge on any atom is 0.0527 e. The fourth-order valence-electron chi connectivity index (χ4n) is 2.48. The van der Waals surface area contributed by atoms with Gasteiger partial charge in [0.15, 0.2) is 0 Å². The Balaban J connectivity index is 2.45. The molecule has 84 valence electrons. The molecule has 0 spiro atoms. The van der Waals surface area contributed by atoms with Crippen molar-refractivity contribution in [3.8, 4) is 0 Å². The zero-order valence-electron chi connectivity index (χ0n) is 9.71. The van der Waals surface area contributed by atoms with Gasteiger partial charge in [0.1, 0.15) is 0 Å². The van der Waals surface area contributed by atoms with E-state index in [1.807, 2.05) is 6.92 Å². The minimum Gasteiger partial charge on any atom is -0.393 e. The van der Waals surface area contributed by atoms with Crippen LogP contribution in [-0.2, 0) is 0 Å². The fraction of sp³-hybridized carbons (Fsp3) is 1.00. The van der Waals surface area contributed by atoms with Gasteiger partial charge in [0, 0.05) is 6.04 Å². The van der Waals surface area contributed by atoms with Crippen molar-refractivity contribution in [3.05, 3.63) is 0 Å². The summed E-state index contributed by atoms with van der Waals surface area (Å²) in [7, 11) is 0. The lowest BCUT2D eigenvalue weighted by Gasteiger charge is -2.30. The Hall–Kier alpha value is -0.0800. The van der Waals surface area contributed by atoms with Crippen molar-refractivity contribution in [3.63, 3.8) is 0 Å². The van der Waals surface area contributed by atoms with E-state index in [-0.39, 0.29) is 6.10 Å². The Morgan fingerprint density at radius 1 is 1.36 bits per heavy atom. The van der Waals surface area contributed by atoms with Gasteiger partial charge >= 0.3 is 0 Å². The van der Waals surface area contributed by atoms with Crippen molar-refractivity contribution >= 4 is 0 Å². The molecule has 2 unspecified atom stereocenters. The lowest BCUT2D eigenvalue weighted by Crippen LogP contribution is -2.37. The summed E-state index contributed by atoms with van der Waals surface area (Å²) in [4.78, 5) is 2.58. The maximum absolute atomic E-state index is 9.46. The van der Waals surface area contributed by atoms with E-state index in [4.69, 9.17) is 0 Å². The van der Waals surface area contributed by atoms with Crippen LogP contribution in [-0.4, -0.2) is 35.2 Å². The first-order chi connectivity index (χ1) is 6.74. The highest BCUT2D eigenvalue weighted by molar-refractivity contribution is 4.76. The monoisotopic (exact) mass is 199 g/mol. The number of aliphatic hydroxyl groups excluding tert-OH is 1. The maximum atomic E-state index is 9.46. The molecule has 1 heterocycles. The van der Waals surface area contributed by atoms with Gasteiger partial charge in [-0.25, -0.2) is 0 Å². The summed E-state index contributed by atoms with van der Waals surface area (Å²) in [6, 6.07) is 0.637. The quantitative estimate of drug-likeness (QED) is 0.751. The largest absolute Gasteiger partial charge is 0.393 e. The zero-order valence-corrected chi connectivity index (χ0v) is 9.71. The summed E-state index contributed by atoms with van der Waals surface area (Å²) >= 11 is 0. The van der Waals surface area contributed by atoms with Crippen molar-refractivity contribution in [2.75, 3.05) is 13.1 Å². The van der Waals surface area contributed by atoms with Gasteiger partial charge in [-0.2, -0.15) is 0 Å². The van der Waals surface area contributed by atoms with Crippen LogP contribution in [0.5, 0.6) is 0 Å². The van der Waals surface area contributed by atoms with E-state index < -0.39 is 0 Å². The first-order valence-corrected chi connectivity index (χ1v) is 6.16. The number of hydrogen-bond acceptors (Lipinski definition) is 2. The van der Waals surface area contributed by atoms with Gasteiger partial charge in [0.2, 0.25) is 0 Å². The van der Waals surface area contributed by atoms with Crippen molar-refractivity contribution in [2.45, 2.75) is 64.5 Å². The van der Waals surface area contributed by atoms with Crippen LogP contribution in [0.15, 0.2) is 0 Å². The molecule has 0 amide bonds. The number of aliphatic hydroxyl groups is 1. The molecular weight excluding hydrogens is 174 g/mol. The Morgan fingerprint density at radius 3 is 2.79 bits per heavy atom. The lowest BCUT2D eigenvalue weighted by molar-refractivity contribution is 0.112. The van der Waals surface area contributed by atoms with Gasteiger partial charge in [0.05, 0.1) is 6.10 Å². The summed E-state index contributed by atoms with van der Waals surface area (Å²) in [5.41, 5.74) is 0. The van der Waals surface area contributed by atoms with Crippen molar-refractivity contribution in [1.82, 2.24) is 4.90 Å². The Labute approximate surface area is 88.3 Å². The van der Waals surface area contributed by atoms with Crippen LogP contribution < -0.4 is 0 Å². The highest BCUT2D eigenvalue weighted by Gasteiger charge is 2.21. The third-order valence-corrected chi connectivity index (χ3v) is 3.12. The molecular formula is C12H25NO. The van der Waals surface area contributed by atoms with Crippen LogP contribution in [0.4, 0.5) is 0 Å². The van der Waals surface area contributed by atoms with Gasteiger partial charge in [-0.15, -0.1) is 0 Å². The fourth-order valence-corrected chi connectivity index (χ4v) is 2.48. The number of rotatable bonds is 4. The van der Waals surface area contributed by atoms with Crippen LogP contribution >= 0.6 is 0 Å². The molecule has 0 bridgehead atoms. The molecule has 1 aliphatic heterocycles. The predicted molar refractivity (Wildman–Crippen MR) is 60.4 cm³/mol. The molecule has 2 atom stereocenters. The summed E-state index contributed by atoms with van der Waals surface area (Å²) in [5.74, 6) is 0. The highest BCUT2D eigenvalue weighted by atomic mass is 16.3. The minimum absolute atomic E-state index is 0.141. The molecule has 0 radical (unpaired) electrons. The highest BCUT2D eigenvalue weighted by Crippen LogP contribution is 2.20. The Morgan fingerprint density at radius 2 is 2.14 bits per heavy atom. The average Bonchev–Trinajstić information content (AvgIpc) is 2.32. The summed E-state index contributed by atoms with van der Waals surface area (Å²) in [6.07, 6.45) is 7.39. The van der Waals surface area contributed by atoms with Crippen molar-refractivity contribution in [2.24, 2.45) is 0 Å². The van der Waals surface area contributed by atoms with E-state index in [1.165, 1.54) is 45.2 Å². The number of hydrogen-bond donors (Lipinski definition) is 1. The average molecular weight is 199 g/mol. The minimum atomic E-state index is -0.141. The molecule has 0 aromatic heterocycles. The van der Waals surface area contributed by atoms with Crippen molar-refractivity contribution < 1.29 is 5.11 Å². The van der Waals surface area contributed by atoms with Crippen LogP contribution in [0.1, 0.15) is 52.4 Å². The molecule has 0 aromatic rings. The molecule has 2 nitrogen and oxygen atoms in total. The molecule has 0 aromatic carbocycles. The predicted octanol–water partition coefficient (Wildman–Crippen LogP) is 2.41. The van der Waals surface area contributed by atoms with Gasteiger partial charge in [0.25, 0.3) is 0 Å². The number of likely N-dealkylation sites (tertiary alicyclic amines) is 1. The van der Waals surface area contributed by atoms with E-state index >= 15 is 0 Å². The third-order valence-electron chi connectivity index (χ3n) is 3.12. The second kappa shape index (κ2) is 6.41. The summed E-state index contributed by atoms with van der Waals surface area (Å²) < 4.78 is 0. The first-order valence-electron chi connectivity index (χ1n) is 6.16. The summed E-state index contributed by atoms with van der Waals surface area (Å²) in [5, 5.41) is 9.46. The normalized spacial score (nSPS) is 27.2. The van der Waals surface area contributed by atoms with E-state index in [0.29, 0.717) is 6.04 Å². The van der Waals surface area contributed by atoms with Gasteiger partial charge in [-0.1, -0.05) is 19.8 Å². The van der Waals surface area contributed by atoms with Gasteiger partial charge in [-0.3, -0.25) is 0 Å². The molecule has 1 saturated heterocycles. The molecule has 1 fully saturated rings. The second-order valence-electron chi connectivity index (χ2n) is 4.62. The molecule has 1 rings (SSSR count). The standard InChI is InChI=1S/C12H25NO/c1-3-8-13-9-6-4-5-7-12(13)10-11(2)14/h11-12,14H,3-10H2,1-2H3. The van der Waals surface area contributed by atoms with E-state index in [2.05, 4.69) is 11.8 Å². The number of nitrogens with zero attached hydrogens (tertiary/aromatic N) is 1. The van der Waals surface area contributed by atoms with Gasteiger partial charge < -0.3 is 10.0 Å². The zero-order chi connectivity index (χ0) is 10.4. The van der Waals surface area contributed by atoms with Crippen molar-refractivity contribution in [1.29, 1.82) is 0 Å². The van der Waals surface area contributed by atoms with Crippen LogP contribution in [0.2, 0.25) is 0 Å². The van der Waals surface area contributed by atoms with Crippen LogP contribution in [0.25, 0.3) is 0 Å². The van der Waals surface area contributed by atoms with E-state index in [9.17, 15) is 5.11 Å². The molecule has 1 aliphatic rings. The van der Waals surface area contributed by atoms with E-state index in [1.54, 1.807) is 0 Å². The van der Waals surface area contributed by atoms with Crippen LogP contribution in [0, 0.1) is 0 Å².